The molecule has 37 heavy (non-hydrogen) atoms. The zero-order valence-corrected chi connectivity index (χ0v) is 19.7. The Hall–Kier alpha value is -5.12. The number of nitrogen functional groups attached to an aromatic ring is 1. The molecule has 2 aromatic carbocycles. The third-order valence-corrected chi connectivity index (χ3v) is 5.92. The van der Waals surface area contributed by atoms with Crippen molar-refractivity contribution in [1.82, 2.24) is 19.2 Å². The van der Waals surface area contributed by atoms with E-state index >= 15 is 0 Å². The van der Waals surface area contributed by atoms with Crippen LogP contribution in [0.5, 0.6) is 11.5 Å². The lowest BCUT2D eigenvalue weighted by atomic mass is 10.3. The van der Waals surface area contributed by atoms with Crippen molar-refractivity contribution in [2.75, 3.05) is 16.4 Å². The third kappa shape index (κ3) is 4.85. The van der Waals surface area contributed by atoms with E-state index in [9.17, 15) is 9.59 Å². The monoisotopic (exact) mass is 493 g/mol. The van der Waals surface area contributed by atoms with Gasteiger partial charge in [0, 0.05) is 23.7 Å². The molecule has 1 saturated carbocycles. The molecule has 0 unspecified atom stereocenters. The SMILES string of the molecule is Nc1cc(C(=O)Nc2cccc(Oc3ccc4nc(NC(=O)C5CC5)cn4c3)c2)nn1-c1ccccc1. The average Bonchev–Trinajstić information content (AvgIpc) is 3.57. The fourth-order valence-corrected chi connectivity index (χ4v) is 3.92. The van der Waals surface area contributed by atoms with Crippen LogP contribution in [-0.4, -0.2) is 31.0 Å². The van der Waals surface area contributed by atoms with Crippen LogP contribution in [0.25, 0.3) is 11.3 Å². The summed E-state index contributed by atoms with van der Waals surface area (Å²) in [5.74, 6) is 1.70. The summed E-state index contributed by atoms with van der Waals surface area (Å²) < 4.78 is 9.31. The first kappa shape index (κ1) is 22.4. The number of ether oxygens (including phenoxy) is 1. The Kier molecular flexibility index (Phi) is 5.53. The zero-order valence-electron chi connectivity index (χ0n) is 19.7. The van der Waals surface area contributed by atoms with Crippen molar-refractivity contribution in [3.8, 4) is 17.2 Å². The Morgan fingerprint density at radius 1 is 0.919 bits per heavy atom. The van der Waals surface area contributed by atoms with E-state index in [0.29, 0.717) is 34.5 Å². The van der Waals surface area contributed by atoms with E-state index in [4.69, 9.17) is 10.5 Å². The van der Waals surface area contributed by atoms with Crippen molar-refractivity contribution in [2.45, 2.75) is 12.8 Å². The molecular formula is C27H23N7O3. The molecule has 1 aliphatic carbocycles. The van der Waals surface area contributed by atoms with Crippen LogP contribution in [0, 0.1) is 5.92 Å². The van der Waals surface area contributed by atoms with Gasteiger partial charge in [-0.25, -0.2) is 9.67 Å². The van der Waals surface area contributed by atoms with Gasteiger partial charge in [-0.1, -0.05) is 24.3 Å². The van der Waals surface area contributed by atoms with Crippen molar-refractivity contribution >= 4 is 34.8 Å². The van der Waals surface area contributed by atoms with E-state index in [2.05, 4.69) is 20.7 Å². The molecule has 5 aromatic rings. The summed E-state index contributed by atoms with van der Waals surface area (Å²) in [4.78, 5) is 29.3. The average molecular weight is 494 g/mol. The number of fused-ring (bicyclic) bond motifs is 1. The van der Waals surface area contributed by atoms with E-state index in [-0.39, 0.29) is 23.4 Å². The predicted octanol–water partition coefficient (Wildman–Crippen LogP) is 4.50. The molecule has 3 aromatic heterocycles. The van der Waals surface area contributed by atoms with Crippen LogP contribution in [0.1, 0.15) is 23.3 Å². The molecule has 3 heterocycles. The molecule has 6 rings (SSSR count). The molecule has 0 bridgehead atoms. The van der Waals surface area contributed by atoms with Crippen molar-refractivity contribution in [2.24, 2.45) is 5.92 Å². The fraction of sp³-hybridized carbons (Fsp3) is 0.111. The number of aromatic nitrogens is 4. The van der Waals surface area contributed by atoms with Crippen LogP contribution in [0.3, 0.4) is 0 Å². The van der Waals surface area contributed by atoms with E-state index in [1.165, 1.54) is 10.7 Å². The number of para-hydroxylation sites is 1. The van der Waals surface area contributed by atoms with Crippen LogP contribution < -0.4 is 21.1 Å². The second-order valence-corrected chi connectivity index (χ2v) is 8.81. The molecule has 0 radical (unpaired) electrons. The number of nitrogens with zero attached hydrogens (tertiary/aromatic N) is 4. The number of hydrogen-bond acceptors (Lipinski definition) is 6. The van der Waals surface area contributed by atoms with Gasteiger partial charge in [-0.05, 0) is 49.2 Å². The summed E-state index contributed by atoms with van der Waals surface area (Å²) in [7, 11) is 0. The van der Waals surface area contributed by atoms with Gasteiger partial charge in [0.1, 0.15) is 23.0 Å². The third-order valence-electron chi connectivity index (χ3n) is 5.92. The Balaban J connectivity index is 1.15. The highest BCUT2D eigenvalue weighted by Gasteiger charge is 2.30. The Bertz CT molecular complexity index is 1620. The maximum atomic E-state index is 12.8. The largest absolute Gasteiger partial charge is 0.456 e. The molecule has 0 aliphatic heterocycles. The van der Waals surface area contributed by atoms with E-state index in [1.54, 1.807) is 53.2 Å². The summed E-state index contributed by atoms with van der Waals surface area (Å²) >= 11 is 0. The lowest BCUT2D eigenvalue weighted by Crippen LogP contribution is -2.13. The topological polar surface area (TPSA) is 129 Å². The van der Waals surface area contributed by atoms with Crippen molar-refractivity contribution in [3.05, 3.63) is 90.9 Å². The van der Waals surface area contributed by atoms with Crippen molar-refractivity contribution in [1.29, 1.82) is 0 Å². The standard InChI is InChI=1S/C27H23N7O3/c28-23-14-22(32-34(23)19-6-2-1-3-7-19)27(36)29-18-5-4-8-20(13-18)37-21-11-12-25-30-24(16-33(25)15-21)31-26(35)17-9-10-17/h1-8,11-17H,9-10,28H2,(H,29,36)(H,31,35). The molecular weight excluding hydrogens is 470 g/mol. The first-order chi connectivity index (χ1) is 18.0. The maximum absolute atomic E-state index is 12.8. The summed E-state index contributed by atoms with van der Waals surface area (Å²) in [6, 6.07) is 21.5. The molecule has 10 nitrogen and oxygen atoms in total. The highest BCUT2D eigenvalue weighted by Crippen LogP contribution is 2.30. The van der Waals surface area contributed by atoms with Gasteiger partial charge < -0.3 is 25.5 Å². The lowest BCUT2D eigenvalue weighted by Gasteiger charge is -2.09. The normalized spacial score (nSPS) is 12.9. The van der Waals surface area contributed by atoms with Gasteiger partial charge in [0.25, 0.3) is 5.91 Å². The van der Waals surface area contributed by atoms with E-state index in [0.717, 1.165) is 18.5 Å². The van der Waals surface area contributed by atoms with Gasteiger partial charge in [0.15, 0.2) is 11.5 Å². The summed E-state index contributed by atoms with van der Waals surface area (Å²) in [5, 5.41) is 10.0. The van der Waals surface area contributed by atoms with Crippen molar-refractivity contribution < 1.29 is 14.3 Å². The summed E-state index contributed by atoms with van der Waals surface area (Å²) in [6.07, 6.45) is 5.39. The second kappa shape index (κ2) is 9.15. The number of hydrogen-bond donors (Lipinski definition) is 3. The molecule has 2 amide bonds. The second-order valence-electron chi connectivity index (χ2n) is 8.81. The van der Waals surface area contributed by atoms with Crippen LogP contribution in [0.4, 0.5) is 17.3 Å². The number of nitrogens with two attached hydrogens (primary N) is 1. The number of amides is 2. The van der Waals surface area contributed by atoms with Crippen LogP contribution in [-0.2, 0) is 4.79 Å². The maximum Gasteiger partial charge on any atom is 0.276 e. The van der Waals surface area contributed by atoms with Gasteiger partial charge in [-0.2, -0.15) is 5.10 Å². The minimum absolute atomic E-state index is 0.00765. The first-order valence-corrected chi connectivity index (χ1v) is 11.8. The number of rotatable bonds is 7. The fourth-order valence-electron chi connectivity index (χ4n) is 3.92. The molecule has 10 heteroatoms. The number of nitrogens with one attached hydrogen (secondary N) is 2. The Labute approximate surface area is 211 Å². The Morgan fingerprint density at radius 3 is 2.57 bits per heavy atom. The van der Waals surface area contributed by atoms with Gasteiger partial charge in [0.05, 0.1) is 18.1 Å². The number of carbonyl (C=O) groups is 2. The number of benzene rings is 2. The molecule has 0 spiro atoms. The zero-order chi connectivity index (χ0) is 25.4. The summed E-state index contributed by atoms with van der Waals surface area (Å²) in [6.45, 7) is 0. The predicted molar refractivity (Wildman–Crippen MR) is 139 cm³/mol. The summed E-state index contributed by atoms with van der Waals surface area (Å²) in [5.41, 5.74) is 8.27. The molecule has 1 aliphatic rings. The highest BCUT2D eigenvalue weighted by atomic mass is 16.5. The van der Waals surface area contributed by atoms with Gasteiger partial charge in [-0.15, -0.1) is 0 Å². The Morgan fingerprint density at radius 2 is 1.76 bits per heavy atom. The smallest absolute Gasteiger partial charge is 0.276 e. The number of carbonyl (C=O) groups excluding carboxylic acids is 2. The first-order valence-electron chi connectivity index (χ1n) is 11.8. The minimum Gasteiger partial charge on any atom is -0.456 e. The highest BCUT2D eigenvalue weighted by molar-refractivity contribution is 6.03. The van der Waals surface area contributed by atoms with E-state index in [1.807, 2.05) is 30.3 Å². The molecule has 0 atom stereocenters. The molecule has 184 valence electrons. The van der Waals surface area contributed by atoms with Gasteiger partial charge in [0.2, 0.25) is 5.91 Å². The van der Waals surface area contributed by atoms with Crippen LogP contribution in [0.2, 0.25) is 0 Å². The van der Waals surface area contributed by atoms with Crippen LogP contribution in [0.15, 0.2) is 85.2 Å². The van der Waals surface area contributed by atoms with Crippen LogP contribution >= 0.6 is 0 Å². The molecule has 0 saturated heterocycles. The minimum atomic E-state index is -0.390. The van der Waals surface area contributed by atoms with E-state index < -0.39 is 0 Å². The number of imidazole rings is 1. The lowest BCUT2D eigenvalue weighted by molar-refractivity contribution is -0.117. The number of anilines is 3. The van der Waals surface area contributed by atoms with Gasteiger partial charge in [-0.3, -0.25) is 9.59 Å². The quantitative estimate of drug-likeness (QED) is 0.306. The van der Waals surface area contributed by atoms with Crippen molar-refractivity contribution in [3.63, 3.8) is 0 Å². The molecule has 4 N–H and O–H groups in total. The number of pyridine rings is 1. The van der Waals surface area contributed by atoms with Gasteiger partial charge >= 0.3 is 0 Å². The molecule has 1 fully saturated rings.